The van der Waals surface area contributed by atoms with Crippen molar-refractivity contribution in [2.45, 2.75) is 50.0 Å². The lowest BCUT2D eigenvalue weighted by molar-refractivity contribution is -0.122. The SMILES string of the molecule is CNC(=O)C[C@@H]1[C@@H](O)[C@H](O)[C@@H](C(F)F)N1CCCc1ccccc1. The van der Waals surface area contributed by atoms with Gasteiger partial charge in [0.2, 0.25) is 5.91 Å². The number of carbonyl (C=O) groups excluding carboxylic acids is 1. The van der Waals surface area contributed by atoms with E-state index in [0.717, 1.165) is 5.56 Å². The van der Waals surface area contributed by atoms with Crippen molar-refractivity contribution < 1.29 is 23.8 Å². The molecule has 0 saturated carbocycles. The molecule has 1 aromatic carbocycles. The predicted molar refractivity (Wildman–Crippen MR) is 85.7 cm³/mol. The lowest BCUT2D eigenvalue weighted by Gasteiger charge is -2.29. The van der Waals surface area contributed by atoms with Gasteiger partial charge in [0.1, 0.15) is 6.10 Å². The van der Waals surface area contributed by atoms with Crippen LogP contribution in [0.2, 0.25) is 0 Å². The zero-order chi connectivity index (χ0) is 17.7. The number of halogens is 2. The second-order valence-corrected chi connectivity index (χ2v) is 6.08. The third kappa shape index (κ3) is 4.28. The number of aliphatic hydroxyl groups is 2. The molecule has 1 amide bonds. The Labute approximate surface area is 140 Å². The molecule has 7 heteroatoms. The van der Waals surface area contributed by atoms with Crippen molar-refractivity contribution >= 4 is 5.91 Å². The average Bonchev–Trinajstić information content (AvgIpc) is 2.80. The van der Waals surface area contributed by atoms with Gasteiger partial charge >= 0.3 is 0 Å². The third-order valence-electron chi connectivity index (χ3n) is 4.56. The fraction of sp³-hybridized carbons (Fsp3) is 0.588. The quantitative estimate of drug-likeness (QED) is 0.685. The van der Waals surface area contributed by atoms with Crippen LogP contribution in [0.15, 0.2) is 30.3 Å². The highest BCUT2D eigenvalue weighted by Crippen LogP contribution is 2.31. The van der Waals surface area contributed by atoms with Crippen molar-refractivity contribution in [3.63, 3.8) is 0 Å². The normalized spacial score (nSPS) is 27.6. The molecule has 3 N–H and O–H groups in total. The molecular formula is C17H24F2N2O3. The number of hydrogen-bond donors (Lipinski definition) is 3. The first kappa shape index (κ1) is 18.8. The zero-order valence-electron chi connectivity index (χ0n) is 13.6. The van der Waals surface area contributed by atoms with E-state index in [1.807, 2.05) is 30.3 Å². The third-order valence-corrected chi connectivity index (χ3v) is 4.56. The summed E-state index contributed by atoms with van der Waals surface area (Å²) in [5, 5.41) is 22.5. The summed E-state index contributed by atoms with van der Waals surface area (Å²) in [6, 6.07) is 7.38. The molecule has 1 aliphatic rings. The predicted octanol–water partition coefficient (Wildman–Crippen LogP) is 0.795. The van der Waals surface area contributed by atoms with Gasteiger partial charge in [0, 0.05) is 19.5 Å². The van der Waals surface area contributed by atoms with Crippen LogP contribution in [-0.4, -0.2) is 65.3 Å². The summed E-state index contributed by atoms with van der Waals surface area (Å²) < 4.78 is 26.7. The number of likely N-dealkylation sites (tertiary alicyclic amines) is 1. The van der Waals surface area contributed by atoms with Crippen molar-refractivity contribution in [1.82, 2.24) is 10.2 Å². The molecule has 1 aromatic rings. The van der Waals surface area contributed by atoms with Crippen LogP contribution in [0.25, 0.3) is 0 Å². The van der Waals surface area contributed by atoms with E-state index in [9.17, 15) is 23.8 Å². The van der Waals surface area contributed by atoms with Gasteiger partial charge in [-0.3, -0.25) is 9.69 Å². The van der Waals surface area contributed by atoms with Crippen LogP contribution >= 0.6 is 0 Å². The van der Waals surface area contributed by atoms with Gasteiger partial charge in [-0.1, -0.05) is 30.3 Å². The fourth-order valence-corrected chi connectivity index (χ4v) is 3.29. The number of carbonyl (C=O) groups is 1. The highest BCUT2D eigenvalue weighted by molar-refractivity contribution is 5.76. The van der Waals surface area contributed by atoms with Gasteiger partial charge in [-0.25, -0.2) is 8.78 Å². The second kappa shape index (κ2) is 8.50. The van der Waals surface area contributed by atoms with E-state index < -0.39 is 30.7 Å². The van der Waals surface area contributed by atoms with Crippen LogP contribution in [0.5, 0.6) is 0 Å². The number of alkyl halides is 2. The van der Waals surface area contributed by atoms with Crippen LogP contribution < -0.4 is 5.32 Å². The molecule has 5 nitrogen and oxygen atoms in total. The Balaban J connectivity index is 2.05. The Morgan fingerprint density at radius 3 is 2.50 bits per heavy atom. The maximum absolute atomic E-state index is 13.3. The van der Waals surface area contributed by atoms with E-state index in [1.165, 1.54) is 11.9 Å². The molecule has 0 aromatic heterocycles. The van der Waals surface area contributed by atoms with E-state index in [1.54, 1.807) is 0 Å². The number of nitrogens with zero attached hydrogens (tertiary/aromatic N) is 1. The van der Waals surface area contributed by atoms with E-state index in [-0.39, 0.29) is 18.9 Å². The Morgan fingerprint density at radius 1 is 1.25 bits per heavy atom. The van der Waals surface area contributed by atoms with Crippen LogP contribution in [-0.2, 0) is 11.2 Å². The van der Waals surface area contributed by atoms with Gasteiger partial charge in [-0.05, 0) is 24.9 Å². The molecule has 134 valence electrons. The van der Waals surface area contributed by atoms with Crippen molar-refractivity contribution in [2.24, 2.45) is 0 Å². The molecule has 0 radical (unpaired) electrons. The summed E-state index contributed by atoms with van der Waals surface area (Å²) in [4.78, 5) is 13.0. The summed E-state index contributed by atoms with van der Waals surface area (Å²) in [6.07, 6.45) is -4.54. The summed E-state index contributed by atoms with van der Waals surface area (Å²) in [6.45, 7) is 0.277. The largest absolute Gasteiger partial charge is 0.389 e. The lowest BCUT2D eigenvalue weighted by Crippen LogP contribution is -2.45. The van der Waals surface area contributed by atoms with Gasteiger partial charge < -0.3 is 15.5 Å². The number of hydrogen-bond acceptors (Lipinski definition) is 4. The summed E-state index contributed by atoms with van der Waals surface area (Å²) in [7, 11) is 1.45. The molecule has 4 atom stereocenters. The number of nitrogens with one attached hydrogen (secondary N) is 1. The van der Waals surface area contributed by atoms with Crippen LogP contribution in [0.3, 0.4) is 0 Å². The molecule has 1 heterocycles. The zero-order valence-corrected chi connectivity index (χ0v) is 13.6. The molecule has 0 spiro atoms. The number of benzene rings is 1. The number of amides is 1. The van der Waals surface area contributed by atoms with Crippen LogP contribution in [0.1, 0.15) is 18.4 Å². The van der Waals surface area contributed by atoms with Gasteiger partial charge in [0.05, 0.1) is 12.1 Å². The molecule has 1 aliphatic heterocycles. The van der Waals surface area contributed by atoms with E-state index in [4.69, 9.17) is 0 Å². The first-order valence-corrected chi connectivity index (χ1v) is 8.10. The highest BCUT2D eigenvalue weighted by atomic mass is 19.3. The Bertz CT molecular complexity index is 530. The monoisotopic (exact) mass is 342 g/mol. The second-order valence-electron chi connectivity index (χ2n) is 6.08. The van der Waals surface area contributed by atoms with Crippen molar-refractivity contribution in [1.29, 1.82) is 0 Å². The van der Waals surface area contributed by atoms with Gasteiger partial charge in [-0.15, -0.1) is 0 Å². The van der Waals surface area contributed by atoms with Gasteiger partial charge in [0.25, 0.3) is 6.43 Å². The highest BCUT2D eigenvalue weighted by Gasteiger charge is 2.51. The Hall–Kier alpha value is -1.57. The van der Waals surface area contributed by atoms with Crippen LogP contribution in [0.4, 0.5) is 8.78 Å². The summed E-state index contributed by atoms with van der Waals surface area (Å²) in [5.41, 5.74) is 1.09. The maximum Gasteiger partial charge on any atom is 0.256 e. The summed E-state index contributed by atoms with van der Waals surface area (Å²) in [5.74, 6) is -0.353. The van der Waals surface area contributed by atoms with Crippen molar-refractivity contribution in [3.05, 3.63) is 35.9 Å². The minimum Gasteiger partial charge on any atom is -0.389 e. The smallest absolute Gasteiger partial charge is 0.256 e. The molecule has 2 rings (SSSR count). The fourth-order valence-electron chi connectivity index (χ4n) is 3.29. The van der Waals surface area contributed by atoms with E-state index >= 15 is 0 Å². The van der Waals surface area contributed by atoms with Gasteiger partial charge in [-0.2, -0.15) is 0 Å². The standard InChI is InChI=1S/C17H24F2N2O3/c1-20-13(22)10-12-15(23)16(24)14(17(18)19)21(12)9-5-8-11-6-3-2-4-7-11/h2-4,6-7,12,14-17,23-24H,5,8-10H2,1H3,(H,20,22)/t12-,14+,15-,16-/m1/s1. The molecule has 0 unspecified atom stereocenters. The molecule has 0 aliphatic carbocycles. The molecule has 24 heavy (non-hydrogen) atoms. The Morgan fingerprint density at radius 2 is 1.92 bits per heavy atom. The maximum atomic E-state index is 13.3. The number of rotatable bonds is 7. The topological polar surface area (TPSA) is 72.8 Å². The minimum absolute atomic E-state index is 0.122. The Kier molecular flexibility index (Phi) is 6.65. The van der Waals surface area contributed by atoms with Gasteiger partial charge in [0.15, 0.2) is 0 Å². The molecule has 1 fully saturated rings. The minimum atomic E-state index is -2.79. The van der Waals surface area contributed by atoms with E-state index in [0.29, 0.717) is 12.8 Å². The summed E-state index contributed by atoms with van der Waals surface area (Å²) >= 11 is 0. The number of aliphatic hydroxyl groups excluding tert-OH is 2. The van der Waals surface area contributed by atoms with Crippen LogP contribution in [0, 0.1) is 0 Å². The van der Waals surface area contributed by atoms with E-state index in [2.05, 4.69) is 5.32 Å². The average molecular weight is 342 g/mol. The van der Waals surface area contributed by atoms with Crippen molar-refractivity contribution in [2.75, 3.05) is 13.6 Å². The first-order valence-electron chi connectivity index (χ1n) is 8.10. The first-order chi connectivity index (χ1) is 11.5. The molecule has 0 bridgehead atoms. The molecular weight excluding hydrogens is 318 g/mol. The lowest BCUT2D eigenvalue weighted by atomic mass is 10.1. The molecule has 1 saturated heterocycles. The van der Waals surface area contributed by atoms with Crippen molar-refractivity contribution in [3.8, 4) is 0 Å². The number of aryl methyl sites for hydroxylation is 1.